The van der Waals surface area contributed by atoms with Crippen molar-refractivity contribution in [3.05, 3.63) is 35.9 Å². The van der Waals surface area contributed by atoms with E-state index in [2.05, 4.69) is 4.74 Å². The lowest BCUT2D eigenvalue weighted by Crippen LogP contribution is -2.45. The summed E-state index contributed by atoms with van der Waals surface area (Å²) in [5, 5.41) is 0. The molecule has 0 spiro atoms. The van der Waals surface area contributed by atoms with Crippen molar-refractivity contribution >= 4 is 21.7 Å². The van der Waals surface area contributed by atoms with Gasteiger partial charge in [-0.3, -0.25) is 9.59 Å². The summed E-state index contributed by atoms with van der Waals surface area (Å²) in [5.41, 5.74) is 0.822. The third-order valence-corrected chi connectivity index (χ3v) is 5.45. The first-order chi connectivity index (χ1) is 10.4. The number of nitrogens with zero attached hydrogens (tertiary/aromatic N) is 1. The Bertz CT molecular complexity index is 641. The minimum Gasteiger partial charge on any atom is -0.468 e. The van der Waals surface area contributed by atoms with Gasteiger partial charge in [0.15, 0.2) is 9.84 Å². The summed E-state index contributed by atoms with van der Waals surface area (Å²) in [7, 11) is -1.89. The minimum atomic E-state index is -3.14. The summed E-state index contributed by atoms with van der Waals surface area (Å²) < 4.78 is 27.9. The molecule has 2 rings (SSSR count). The molecular formula is C15H19NO5S. The van der Waals surface area contributed by atoms with Crippen molar-refractivity contribution in [2.75, 3.05) is 25.2 Å². The largest absolute Gasteiger partial charge is 0.468 e. The van der Waals surface area contributed by atoms with Gasteiger partial charge in [0, 0.05) is 6.04 Å². The summed E-state index contributed by atoms with van der Waals surface area (Å²) in [4.78, 5) is 25.4. The third kappa shape index (κ3) is 4.30. The molecule has 7 heteroatoms. The van der Waals surface area contributed by atoms with Crippen LogP contribution < -0.4 is 0 Å². The van der Waals surface area contributed by atoms with Crippen molar-refractivity contribution < 1.29 is 22.7 Å². The highest BCUT2D eigenvalue weighted by atomic mass is 32.2. The maximum absolute atomic E-state index is 12.5. The number of amides is 1. The Labute approximate surface area is 130 Å². The quantitative estimate of drug-likeness (QED) is 0.733. The molecule has 0 saturated carbocycles. The molecule has 1 saturated heterocycles. The number of benzene rings is 1. The lowest BCUT2D eigenvalue weighted by Gasteiger charge is -2.27. The fourth-order valence-electron chi connectivity index (χ4n) is 2.52. The maximum Gasteiger partial charge on any atom is 0.325 e. The molecule has 0 bridgehead atoms. The van der Waals surface area contributed by atoms with Crippen LogP contribution in [-0.4, -0.2) is 56.4 Å². The van der Waals surface area contributed by atoms with Gasteiger partial charge in [0.2, 0.25) is 5.91 Å². The molecule has 0 N–H and O–H groups in total. The molecule has 1 fully saturated rings. The molecule has 1 aromatic rings. The first-order valence-corrected chi connectivity index (χ1v) is 8.84. The first kappa shape index (κ1) is 16.5. The first-order valence-electron chi connectivity index (χ1n) is 7.02. The molecule has 1 aliphatic rings. The van der Waals surface area contributed by atoms with Gasteiger partial charge in [0.25, 0.3) is 0 Å². The molecule has 0 aliphatic carbocycles. The monoisotopic (exact) mass is 325 g/mol. The zero-order valence-corrected chi connectivity index (χ0v) is 13.2. The van der Waals surface area contributed by atoms with Gasteiger partial charge in [0.05, 0.1) is 25.0 Å². The maximum atomic E-state index is 12.5. The highest BCUT2D eigenvalue weighted by Gasteiger charge is 2.35. The van der Waals surface area contributed by atoms with E-state index in [1.165, 1.54) is 12.0 Å². The van der Waals surface area contributed by atoms with Gasteiger partial charge in [-0.05, 0) is 12.0 Å². The number of esters is 1. The van der Waals surface area contributed by atoms with Crippen LogP contribution in [0.5, 0.6) is 0 Å². The van der Waals surface area contributed by atoms with E-state index in [1.807, 2.05) is 30.3 Å². The van der Waals surface area contributed by atoms with E-state index in [0.717, 1.165) is 5.56 Å². The molecule has 1 aliphatic heterocycles. The SMILES string of the molecule is COC(=O)CN(C(=O)Cc1ccccc1)C1CCS(=O)(=O)C1. The molecule has 0 aromatic heterocycles. The van der Waals surface area contributed by atoms with E-state index in [9.17, 15) is 18.0 Å². The highest BCUT2D eigenvalue weighted by molar-refractivity contribution is 7.91. The van der Waals surface area contributed by atoms with Gasteiger partial charge in [-0.1, -0.05) is 30.3 Å². The second-order valence-corrected chi connectivity index (χ2v) is 7.55. The van der Waals surface area contributed by atoms with Crippen LogP contribution in [0.15, 0.2) is 30.3 Å². The van der Waals surface area contributed by atoms with Crippen molar-refractivity contribution in [2.45, 2.75) is 18.9 Å². The number of hydrogen-bond donors (Lipinski definition) is 0. The summed E-state index contributed by atoms with van der Waals surface area (Å²) in [6, 6.07) is 8.68. The average Bonchev–Trinajstić information content (AvgIpc) is 2.85. The van der Waals surface area contributed by atoms with E-state index in [4.69, 9.17) is 0 Å². The number of hydrogen-bond acceptors (Lipinski definition) is 5. The minimum absolute atomic E-state index is 0.0496. The summed E-state index contributed by atoms with van der Waals surface area (Å²) in [5.74, 6) is -0.859. The molecule has 6 nitrogen and oxygen atoms in total. The number of ether oxygens (including phenoxy) is 1. The van der Waals surface area contributed by atoms with Gasteiger partial charge in [-0.15, -0.1) is 0 Å². The number of carbonyl (C=O) groups is 2. The van der Waals surface area contributed by atoms with E-state index < -0.39 is 21.8 Å². The summed E-state index contributed by atoms with van der Waals surface area (Å²) in [6.07, 6.45) is 0.494. The molecule has 0 radical (unpaired) electrons. The second-order valence-electron chi connectivity index (χ2n) is 5.32. The Kier molecular flexibility index (Phi) is 5.18. The Hall–Kier alpha value is -1.89. The summed E-state index contributed by atoms with van der Waals surface area (Å²) in [6.45, 7) is -0.220. The lowest BCUT2D eigenvalue weighted by atomic mass is 10.1. The average molecular weight is 325 g/mol. The smallest absolute Gasteiger partial charge is 0.325 e. The molecule has 22 heavy (non-hydrogen) atoms. The number of carbonyl (C=O) groups excluding carboxylic acids is 2. The zero-order chi connectivity index (χ0) is 16.2. The van der Waals surface area contributed by atoms with Crippen molar-refractivity contribution in [3.63, 3.8) is 0 Å². The van der Waals surface area contributed by atoms with Crippen molar-refractivity contribution in [2.24, 2.45) is 0 Å². The van der Waals surface area contributed by atoms with E-state index in [1.54, 1.807) is 0 Å². The zero-order valence-electron chi connectivity index (χ0n) is 12.4. The Morgan fingerprint density at radius 3 is 2.50 bits per heavy atom. The Balaban J connectivity index is 2.13. The van der Waals surface area contributed by atoms with Crippen LogP contribution in [0.4, 0.5) is 0 Å². The standard InChI is InChI=1S/C15H19NO5S/c1-21-15(18)10-16(13-7-8-22(19,20)11-13)14(17)9-12-5-3-2-4-6-12/h2-6,13H,7-11H2,1H3. The molecule has 120 valence electrons. The second kappa shape index (κ2) is 6.91. The van der Waals surface area contributed by atoms with Crippen LogP contribution in [0.25, 0.3) is 0 Å². The summed E-state index contributed by atoms with van der Waals surface area (Å²) >= 11 is 0. The molecular weight excluding hydrogens is 306 g/mol. The third-order valence-electron chi connectivity index (χ3n) is 3.69. The van der Waals surface area contributed by atoms with Crippen molar-refractivity contribution in [1.29, 1.82) is 0 Å². The normalized spacial score (nSPS) is 19.6. The van der Waals surface area contributed by atoms with Crippen molar-refractivity contribution in [1.82, 2.24) is 4.90 Å². The van der Waals surface area contributed by atoms with Crippen molar-refractivity contribution in [3.8, 4) is 0 Å². The van der Waals surface area contributed by atoms with Gasteiger partial charge >= 0.3 is 5.97 Å². The van der Waals surface area contributed by atoms with Crippen LogP contribution in [0, 0.1) is 0 Å². The van der Waals surface area contributed by atoms with Gasteiger partial charge in [-0.25, -0.2) is 8.42 Å². The van der Waals surface area contributed by atoms with E-state index >= 15 is 0 Å². The van der Waals surface area contributed by atoms with Crippen LogP contribution in [0.2, 0.25) is 0 Å². The molecule has 1 amide bonds. The molecule has 1 atom stereocenters. The Morgan fingerprint density at radius 1 is 1.27 bits per heavy atom. The van der Waals surface area contributed by atoms with Crippen LogP contribution in [-0.2, 0) is 30.6 Å². The lowest BCUT2D eigenvalue weighted by molar-refractivity contribution is -0.148. The predicted octanol–water partition coefficient (Wildman–Crippen LogP) is 0.418. The molecule has 1 heterocycles. The molecule has 1 unspecified atom stereocenters. The van der Waals surface area contributed by atoms with Gasteiger partial charge < -0.3 is 9.64 Å². The highest BCUT2D eigenvalue weighted by Crippen LogP contribution is 2.19. The fourth-order valence-corrected chi connectivity index (χ4v) is 4.25. The Morgan fingerprint density at radius 2 is 1.95 bits per heavy atom. The van der Waals surface area contributed by atoms with Gasteiger partial charge in [-0.2, -0.15) is 0 Å². The topological polar surface area (TPSA) is 80.8 Å². The predicted molar refractivity (Wildman–Crippen MR) is 80.9 cm³/mol. The number of sulfone groups is 1. The number of rotatable bonds is 5. The molecule has 1 aromatic carbocycles. The van der Waals surface area contributed by atoms with Crippen LogP contribution in [0.3, 0.4) is 0 Å². The van der Waals surface area contributed by atoms with Crippen LogP contribution >= 0.6 is 0 Å². The van der Waals surface area contributed by atoms with E-state index in [0.29, 0.717) is 6.42 Å². The number of methoxy groups -OCH3 is 1. The van der Waals surface area contributed by atoms with Gasteiger partial charge in [0.1, 0.15) is 6.54 Å². The van der Waals surface area contributed by atoms with E-state index in [-0.39, 0.29) is 30.4 Å². The fraction of sp³-hybridized carbons (Fsp3) is 0.467. The van der Waals surface area contributed by atoms with Crippen LogP contribution in [0.1, 0.15) is 12.0 Å².